The molecule has 1 spiro atoms. The Morgan fingerprint density at radius 3 is 2.29 bits per heavy atom. The van der Waals surface area contributed by atoms with Crippen LogP contribution >= 0.6 is 0 Å². The summed E-state index contributed by atoms with van der Waals surface area (Å²) in [7, 11) is 0. The van der Waals surface area contributed by atoms with Crippen LogP contribution in [0.25, 0.3) is 0 Å². The first kappa shape index (κ1) is 18.9. The second-order valence-corrected chi connectivity index (χ2v) is 11.8. The number of hydrogen-bond donors (Lipinski definition) is 0. The molecule has 0 aliphatic heterocycles. The van der Waals surface area contributed by atoms with Gasteiger partial charge >= 0.3 is 11.9 Å². The lowest BCUT2D eigenvalue weighted by Crippen LogP contribution is -2.64. The van der Waals surface area contributed by atoms with Crippen molar-refractivity contribution in [1.29, 1.82) is 0 Å². The van der Waals surface area contributed by atoms with Crippen molar-refractivity contribution in [2.24, 2.45) is 45.3 Å². The van der Waals surface area contributed by atoms with Crippen molar-refractivity contribution in [3.63, 3.8) is 0 Å². The average molecular weight is 389 g/mol. The third kappa shape index (κ3) is 2.24. The molecule has 9 unspecified atom stereocenters. The molecule has 4 heteroatoms. The first-order chi connectivity index (χ1) is 13.1. The van der Waals surface area contributed by atoms with Gasteiger partial charge in [0.2, 0.25) is 0 Å². The highest BCUT2D eigenvalue weighted by Gasteiger charge is 2.80. The zero-order valence-electron chi connectivity index (χ0n) is 18.2. The van der Waals surface area contributed by atoms with E-state index in [1.807, 2.05) is 0 Å². The molecule has 6 rings (SSSR count). The zero-order chi connectivity index (χ0) is 20.1. The lowest BCUT2D eigenvalue weighted by Gasteiger charge is -2.67. The molecule has 0 radical (unpaired) electrons. The monoisotopic (exact) mass is 388 g/mol. The number of hydrogen-bond acceptors (Lipinski definition) is 4. The van der Waals surface area contributed by atoms with E-state index in [0.717, 1.165) is 24.7 Å². The minimum absolute atomic E-state index is 0.0217. The summed E-state index contributed by atoms with van der Waals surface area (Å²) < 4.78 is 11.7. The van der Waals surface area contributed by atoms with Crippen molar-refractivity contribution in [2.45, 2.75) is 85.7 Å². The molecule has 156 valence electrons. The summed E-state index contributed by atoms with van der Waals surface area (Å²) in [5.74, 6) is 2.50. The van der Waals surface area contributed by atoms with E-state index in [0.29, 0.717) is 23.9 Å². The van der Waals surface area contributed by atoms with Gasteiger partial charge in [-0.1, -0.05) is 27.2 Å². The van der Waals surface area contributed by atoms with Crippen molar-refractivity contribution in [1.82, 2.24) is 0 Å². The van der Waals surface area contributed by atoms with Gasteiger partial charge in [0, 0.05) is 24.7 Å². The first-order valence-electron chi connectivity index (χ1n) is 11.4. The fourth-order valence-corrected chi connectivity index (χ4v) is 9.42. The van der Waals surface area contributed by atoms with Crippen LogP contribution in [0, 0.1) is 45.3 Å². The molecule has 6 aliphatic rings. The molecule has 0 aromatic heterocycles. The Labute approximate surface area is 169 Å². The fourth-order valence-electron chi connectivity index (χ4n) is 9.42. The summed E-state index contributed by atoms with van der Waals surface area (Å²) in [6.45, 7) is 10.9. The maximum Gasteiger partial charge on any atom is 0.302 e. The molecule has 0 saturated heterocycles. The van der Waals surface area contributed by atoms with Crippen LogP contribution < -0.4 is 0 Å². The fraction of sp³-hybridized carbons (Fsp3) is 0.917. The number of carbonyl (C=O) groups is 2. The number of esters is 2. The molecule has 0 aromatic carbocycles. The number of carbonyl (C=O) groups excluding carboxylic acids is 2. The Hall–Kier alpha value is -1.06. The predicted octanol–water partition coefficient (Wildman–Crippen LogP) is 4.75. The largest absolute Gasteiger partial charge is 0.465 e. The van der Waals surface area contributed by atoms with Crippen molar-refractivity contribution >= 4 is 11.9 Å². The summed E-state index contributed by atoms with van der Waals surface area (Å²) in [5, 5.41) is 0. The van der Waals surface area contributed by atoms with E-state index in [1.165, 1.54) is 39.0 Å². The molecule has 0 heterocycles. The van der Waals surface area contributed by atoms with E-state index in [-0.39, 0.29) is 34.3 Å². The van der Waals surface area contributed by atoms with Gasteiger partial charge in [0.1, 0.15) is 6.10 Å². The molecule has 6 saturated carbocycles. The third-order valence-corrected chi connectivity index (χ3v) is 10.5. The molecule has 0 aromatic rings. The maximum absolute atomic E-state index is 12.1. The second-order valence-electron chi connectivity index (χ2n) is 11.8. The summed E-state index contributed by atoms with van der Waals surface area (Å²) in [4.78, 5) is 23.6. The maximum atomic E-state index is 12.1. The topological polar surface area (TPSA) is 52.6 Å². The molecule has 6 aliphatic carbocycles. The van der Waals surface area contributed by atoms with Crippen molar-refractivity contribution in [2.75, 3.05) is 6.61 Å². The van der Waals surface area contributed by atoms with Gasteiger partial charge in [0.25, 0.3) is 0 Å². The summed E-state index contributed by atoms with van der Waals surface area (Å²) >= 11 is 0. The van der Waals surface area contributed by atoms with Crippen molar-refractivity contribution in [3.8, 4) is 0 Å². The molecular weight excluding hydrogens is 352 g/mol. The molecule has 9 atom stereocenters. The number of rotatable bonds is 3. The summed E-state index contributed by atoms with van der Waals surface area (Å²) in [5.41, 5.74) is 0.934. The van der Waals surface area contributed by atoms with Gasteiger partial charge in [-0.25, -0.2) is 0 Å². The van der Waals surface area contributed by atoms with Crippen LogP contribution in [0.4, 0.5) is 0 Å². The Balaban J connectivity index is 1.53. The van der Waals surface area contributed by atoms with Crippen LogP contribution in [0.3, 0.4) is 0 Å². The minimum atomic E-state index is -0.189. The van der Waals surface area contributed by atoms with Gasteiger partial charge in [-0.3, -0.25) is 9.59 Å². The standard InChI is InChI=1S/C24H36O4/c1-14(25)27-13-21(3)7-6-8-22(4)18(21)10-20(28-15(2)26)24-11-17-16(9-19(22)24)23(17,5)12-24/h16-20H,6-13H2,1-5H3. The summed E-state index contributed by atoms with van der Waals surface area (Å²) in [6, 6.07) is 0. The Bertz CT molecular complexity index is 732. The molecule has 4 nitrogen and oxygen atoms in total. The van der Waals surface area contributed by atoms with Crippen LogP contribution in [0.1, 0.15) is 79.6 Å². The van der Waals surface area contributed by atoms with Crippen molar-refractivity contribution < 1.29 is 19.1 Å². The number of fused-ring (bicyclic) bond motifs is 1. The highest BCUT2D eigenvalue weighted by Crippen LogP contribution is 2.85. The Morgan fingerprint density at radius 2 is 1.68 bits per heavy atom. The predicted molar refractivity (Wildman–Crippen MR) is 105 cm³/mol. The minimum Gasteiger partial charge on any atom is -0.465 e. The zero-order valence-corrected chi connectivity index (χ0v) is 18.2. The van der Waals surface area contributed by atoms with Gasteiger partial charge in [-0.2, -0.15) is 0 Å². The quantitative estimate of drug-likeness (QED) is 0.655. The molecule has 6 fully saturated rings. The van der Waals surface area contributed by atoms with Gasteiger partial charge < -0.3 is 9.47 Å². The normalized spacial score (nSPS) is 55.7. The molecule has 0 amide bonds. The van der Waals surface area contributed by atoms with Crippen molar-refractivity contribution in [3.05, 3.63) is 0 Å². The molecule has 28 heavy (non-hydrogen) atoms. The molecular formula is C24H36O4. The van der Waals surface area contributed by atoms with Gasteiger partial charge in [0.05, 0.1) is 6.61 Å². The molecule has 4 bridgehead atoms. The van der Waals surface area contributed by atoms with Crippen LogP contribution in [-0.2, 0) is 19.1 Å². The van der Waals surface area contributed by atoms with E-state index in [2.05, 4.69) is 20.8 Å². The number of ether oxygens (including phenoxy) is 2. The third-order valence-electron chi connectivity index (χ3n) is 10.5. The average Bonchev–Trinajstić information content (AvgIpc) is 3.05. The van der Waals surface area contributed by atoms with E-state index in [1.54, 1.807) is 6.92 Å². The lowest BCUT2D eigenvalue weighted by atomic mass is 9.39. The van der Waals surface area contributed by atoms with Crippen LogP contribution in [-0.4, -0.2) is 24.6 Å². The van der Waals surface area contributed by atoms with Crippen LogP contribution in [0.2, 0.25) is 0 Å². The SMILES string of the molecule is CC(=O)OCC1(C)CCCC2(C)C1CC(OC(C)=O)C13CC4C(CC21)C4(C)C3. The van der Waals surface area contributed by atoms with Gasteiger partial charge in [-0.15, -0.1) is 0 Å². The second kappa shape index (κ2) is 5.55. The van der Waals surface area contributed by atoms with E-state index in [4.69, 9.17) is 9.47 Å². The summed E-state index contributed by atoms with van der Waals surface area (Å²) in [6.07, 6.45) is 8.38. The lowest BCUT2D eigenvalue weighted by molar-refractivity contribution is -0.230. The molecule has 0 N–H and O–H groups in total. The highest BCUT2D eigenvalue weighted by molar-refractivity contribution is 5.66. The van der Waals surface area contributed by atoms with Crippen LogP contribution in [0.5, 0.6) is 0 Å². The highest BCUT2D eigenvalue weighted by atomic mass is 16.5. The van der Waals surface area contributed by atoms with Gasteiger partial charge in [0.15, 0.2) is 0 Å². The van der Waals surface area contributed by atoms with E-state index in [9.17, 15) is 9.59 Å². The van der Waals surface area contributed by atoms with E-state index >= 15 is 0 Å². The van der Waals surface area contributed by atoms with Gasteiger partial charge in [-0.05, 0) is 73.0 Å². The van der Waals surface area contributed by atoms with E-state index < -0.39 is 0 Å². The Kier molecular flexibility index (Phi) is 3.75. The first-order valence-corrected chi connectivity index (χ1v) is 11.4. The Morgan fingerprint density at radius 1 is 0.929 bits per heavy atom. The van der Waals surface area contributed by atoms with Crippen LogP contribution in [0.15, 0.2) is 0 Å². The smallest absolute Gasteiger partial charge is 0.302 e.